The summed E-state index contributed by atoms with van der Waals surface area (Å²) in [6.45, 7) is 7.83. The molecule has 1 aromatic carbocycles. The van der Waals surface area contributed by atoms with E-state index in [0.29, 0.717) is 26.3 Å². The van der Waals surface area contributed by atoms with E-state index in [1.165, 1.54) is 4.31 Å². The molecule has 0 spiro atoms. The molecule has 0 aliphatic carbocycles. The molecular formula is C16H26N2O4S. The normalized spacial score (nSPS) is 23.1. The average Bonchev–Trinajstić information content (AvgIpc) is 2.51. The Morgan fingerprint density at radius 3 is 2.43 bits per heavy atom. The van der Waals surface area contributed by atoms with Gasteiger partial charge in [0.25, 0.3) is 10.2 Å². The average molecular weight is 342 g/mol. The van der Waals surface area contributed by atoms with Crippen molar-refractivity contribution in [1.29, 1.82) is 0 Å². The van der Waals surface area contributed by atoms with Gasteiger partial charge in [0.2, 0.25) is 0 Å². The Morgan fingerprint density at radius 2 is 1.83 bits per heavy atom. The fourth-order valence-corrected chi connectivity index (χ4v) is 4.00. The molecule has 0 amide bonds. The number of hydrogen-bond acceptors (Lipinski definition) is 4. The molecule has 2 atom stereocenters. The summed E-state index contributed by atoms with van der Waals surface area (Å²) in [5.74, 6) is 0. The molecule has 7 heteroatoms. The van der Waals surface area contributed by atoms with Crippen LogP contribution >= 0.6 is 0 Å². The fraction of sp³-hybridized carbons (Fsp3) is 0.625. The second-order valence-electron chi connectivity index (χ2n) is 5.81. The standard InChI is InChI=1S/C16H26N2O4S/c1-4-21-12-16-8-6-5-7-15(16)9-17-23(19,20)18-10-13(2)22-14(3)11-18/h5-8,13-14,17H,4,9-12H2,1-3H3. The molecule has 1 heterocycles. The van der Waals surface area contributed by atoms with Crippen LogP contribution in [0.4, 0.5) is 0 Å². The molecular weight excluding hydrogens is 316 g/mol. The van der Waals surface area contributed by atoms with Crippen molar-refractivity contribution < 1.29 is 17.9 Å². The Kier molecular flexibility index (Phi) is 6.55. The minimum Gasteiger partial charge on any atom is -0.377 e. The van der Waals surface area contributed by atoms with Crippen molar-refractivity contribution in [2.75, 3.05) is 19.7 Å². The summed E-state index contributed by atoms with van der Waals surface area (Å²) < 4.78 is 40.2. The third kappa shape index (κ3) is 5.26. The van der Waals surface area contributed by atoms with Crippen LogP contribution in [0.1, 0.15) is 31.9 Å². The maximum absolute atomic E-state index is 12.5. The highest BCUT2D eigenvalue weighted by molar-refractivity contribution is 7.87. The first-order valence-corrected chi connectivity index (χ1v) is 9.41. The Labute approximate surface area is 139 Å². The van der Waals surface area contributed by atoms with E-state index in [4.69, 9.17) is 9.47 Å². The Bertz CT molecular complexity index is 596. The van der Waals surface area contributed by atoms with Gasteiger partial charge in [0, 0.05) is 26.2 Å². The van der Waals surface area contributed by atoms with Crippen LogP contribution in [0, 0.1) is 0 Å². The van der Waals surface area contributed by atoms with Gasteiger partial charge in [-0.1, -0.05) is 24.3 Å². The molecule has 0 radical (unpaired) electrons. The van der Waals surface area contributed by atoms with Gasteiger partial charge >= 0.3 is 0 Å². The lowest BCUT2D eigenvalue weighted by atomic mass is 10.1. The molecule has 23 heavy (non-hydrogen) atoms. The van der Waals surface area contributed by atoms with E-state index in [-0.39, 0.29) is 18.8 Å². The lowest BCUT2D eigenvalue weighted by Crippen LogP contribution is -2.51. The summed E-state index contributed by atoms with van der Waals surface area (Å²) in [5.41, 5.74) is 1.93. The maximum atomic E-state index is 12.5. The van der Waals surface area contributed by atoms with Crippen molar-refractivity contribution in [3.05, 3.63) is 35.4 Å². The SMILES string of the molecule is CCOCc1ccccc1CNS(=O)(=O)N1CC(C)OC(C)C1. The molecule has 130 valence electrons. The predicted octanol–water partition coefficient (Wildman–Crippen LogP) is 1.67. The Hall–Kier alpha value is -0.990. The first-order valence-electron chi connectivity index (χ1n) is 7.97. The predicted molar refractivity (Wildman–Crippen MR) is 89.1 cm³/mol. The van der Waals surface area contributed by atoms with Gasteiger partial charge in [0.1, 0.15) is 0 Å². The molecule has 1 fully saturated rings. The highest BCUT2D eigenvalue weighted by atomic mass is 32.2. The van der Waals surface area contributed by atoms with Crippen LogP contribution in [0.15, 0.2) is 24.3 Å². The highest BCUT2D eigenvalue weighted by Gasteiger charge is 2.30. The lowest BCUT2D eigenvalue weighted by Gasteiger charge is -2.34. The van der Waals surface area contributed by atoms with Crippen molar-refractivity contribution in [3.8, 4) is 0 Å². The minimum absolute atomic E-state index is 0.0967. The van der Waals surface area contributed by atoms with Crippen LogP contribution in [0.25, 0.3) is 0 Å². The fourth-order valence-electron chi connectivity index (χ4n) is 2.67. The third-order valence-electron chi connectivity index (χ3n) is 3.75. The van der Waals surface area contributed by atoms with Crippen molar-refractivity contribution in [1.82, 2.24) is 9.03 Å². The lowest BCUT2D eigenvalue weighted by molar-refractivity contribution is -0.0444. The molecule has 1 aliphatic heterocycles. The molecule has 0 saturated carbocycles. The topological polar surface area (TPSA) is 67.9 Å². The van der Waals surface area contributed by atoms with E-state index in [9.17, 15) is 8.42 Å². The summed E-state index contributed by atoms with van der Waals surface area (Å²) in [6.07, 6.45) is -0.193. The molecule has 1 N–H and O–H groups in total. The molecule has 0 bridgehead atoms. The van der Waals surface area contributed by atoms with Gasteiger partial charge in [0.15, 0.2) is 0 Å². The number of ether oxygens (including phenoxy) is 2. The molecule has 6 nitrogen and oxygen atoms in total. The monoisotopic (exact) mass is 342 g/mol. The summed E-state index contributed by atoms with van der Waals surface area (Å²) in [4.78, 5) is 0. The number of nitrogens with one attached hydrogen (secondary N) is 1. The molecule has 1 saturated heterocycles. The number of morpholine rings is 1. The van der Waals surface area contributed by atoms with Gasteiger partial charge in [-0.15, -0.1) is 0 Å². The number of rotatable bonds is 7. The van der Waals surface area contributed by atoms with Gasteiger partial charge in [0.05, 0.1) is 18.8 Å². The number of nitrogens with zero attached hydrogens (tertiary/aromatic N) is 1. The van der Waals surface area contributed by atoms with Crippen molar-refractivity contribution in [2.45, 2.75) is 46.1 Å². The summed E-state index contributed by atoms with van der Waals surface area (Å²) >= 11 is 0. The quantitative estimate of drug-likeness (QED) is 0.818. The van der Waals surface area contributed by atoms with E-state index in [1.54, 1.807) is 0 Å². The number of benzene rings is 1. The Balaban J connectivity index is 2.02. The highest BCUT2D eigenvalue weighted by Crippen LogP contribution is 2.15. The maximum Gasteiger partial charge on any atom is 0.279 e. The summed E-state index contributed by atoms with van der Waals surface area (Å²) in [5, 5.41) is 0. The second kappa shape index (κ2) is 8.21. The van der Waals surface area contributed by atoms with Gasteiger partial charge in [-0.05, 0) is 31.9 Å². The smallest absolute Gasteiger partial charge is 0.279 e. The van der Waals surface area contributed by atoms with Gasteiger partial charge < -0.3 is 9.47 Å². The van der Waals surface area contributed by atoms with Crippen molar-refractivity contribution in [2.24, 2.45) is 0 Å². The molecule has 2 unspecified atom stereocenters. The third-order valence-corrected chi connectivity index (χ3v) is 5.24. The first kappa shape index (κ1) is 18.4. The zero-order chi connectivity index (χ0) is 16.9. The molecule has 0 aromatic heterocycles. The van der Waals surface area contributed by atoms with E-state index in [0.717, 1.165) is 11.1 Å². The second-order valence-corrected chi connectivity index (χ2v) is 7.56. The van der Waals surface area contributed by atoms with Crippen LogP contribution in [0.2, 0.25) is 0 Å². The zero-order valence-corrected chi connectivity index (χ0v) is 14.8. The first-order chi connectivity index (χ1) is 10.9. The summed E-state index contributed by atoms with van der Waals surface area (Å²) in [7, 11) is -3.52. The Morgan fingerprint density at radius 1 is 1.22 bits per heavy atom. The van der Waals surface area contributed by atoms with Gasteiger partial charge in [-0.3, -0.25) is 0 Å². The zero-order valence-electron chi connectivity index (χ0n) is 14.0. The van der Waals surface area contributed by atoms with E-state index >= 15 is 0 Å². The van der Waals surface area contributed by atoms with E-state index in [2.05, 4.69) is 4.72 Å². The number of hydrogen-bond donors (Lipinski definition) is 1. The van der Waals surface area contributed by atoms with Crippen LogP contribution in [-0.2, 0) is 32.8 Å². The molecule has 1 aromatic rings. The van der Waals surface area contributed by atoms with Crippen molar-refractivity contribution >= 4 is 10.2 Å². The van der Waals surface area contributed by atoms with E-state index in [1.807, 2.05) is 45.0 Å². The van der Waals surface area contributed by atoms with Gasteiger partial charge in [-0.25, -0.2) is 0 Å². The largest absolute Gasteiger partial charge is 0.377 e. The minimum atomic E-state index is -3.52. The van der Waals surface area contributed by atoms with Crippen molar-refractivity contribution in [3.63, 3.8) is 0 Å². The summed E-state index contributed by atoms with van der Waals surface area (Å²) in [6, 6.07) is 7.70. The van der Waals surface area contributed by atoms with Crippen LogP contribution in [0.3, 0.4) is 0 Å². The van der Waals surface area contributed by atoms with Gasteiger partial charge in [-0.2, -0.15) is 17.4 Å². The van der Waals surface area contributed by atoms with Crippen LogP contribution < -0.4 is 4.72 Å². The molecule has 1 aliphatic rings. The molecule has 2 rings (SSSR count). The van der Waals surface area contributed by atoms with E-state index < -0.39 is 10.2 Å². The van der Waals surface area contributed by atoms with Crippen LogP contribution in [0.5, 0.6) is 0 Å². The van der Waals surface area contributed by atoms with Crippen LogP contribution in [-0.4, -0.2) is 44.6 Å².